The maximum Gasteiger partial charge on any atom is 0.246 e. The van der Waals surface area contributed by atoms with Gasteiger partial charge in [-0.25, -0.2) is 4.98 Å². The zero-order valence-corrected chi connectivity index (χ0v) is 18.8. The maximum atomic E-state index is 12.8. The van der Waals surface area contributed by atoms with E-state index in [2.05, 4.69) is 10.3 Å². The van der Waals surface area contributed by atoms with Crippen LogP contribution < -0.4 is 14.8 Å². The molecule has 3 rings (SSSR count). The molecule has 0 saturated carbocycles. The summed E-state index contributed by atoms with van der Waals surface area (Å²) in [6.07, 6.45) is 2.19. The molecule has 1 heterocycles. The number of nitrogens with zero attached hydrogens (tertiary/aromatic N) is 3. The Hall–Kier alpha value is -3.81. The Morgan fingerprint density at radius 2 is 1.75 bits per heavy atom. The van der Waals surface area contributed by atoms with Gasteiger partial charge in [0.15, 0.2) is 11.5 Å². The van der Waals surface area contributed by atoms with Gasteiger partial charge >= 0.3 is 0 Å². The predicted octanol–water partition coefficient (Wildman–Crippen LogP) is 3.75. The number of likely N-dealkylation sites (N-methyl/N-ethyl adjacent to an activating group) is 1. The molecule has 0 aliphatic rings. The van der Waals surface area contributed by atoms with Gasteiger partial charge in [0.1, 0.15) is 0 Å². The van der Waals surface area contributed by atoms with Crippen LogP contribution in [0, 0.1) is 0 Å². The van der Waals surface area contributed by atoms with Gasteiger partial charge in [-0.05, 0) is 19.1 Å². The molecule has 2 aromatic carbocycles. The average molecular weight is 437 g/mol. The lowest BCUT2D eigenvalue weighted by Gasteiger charge is -2.19. The molecular formula is C24H28N4O4. The molecular weight excluding hydrogens is 408 g/mol. The third kappa shape index (κ3) is 5.08. The highest BCUT2D eigenvalue weighted by molar-refractivity contribution is 5.93. The summed E-state index contributed by atoms with van der Waals surface area (Å²) in [5.74, 6) is 1.11. The van der Waals surface area contributed by atoms with Crippen LogP contribution in [0.4, 0.5) is 5.95 Å². The van der Waals surface area contributed by atoms with E-state index in [1.807, 2.05) is 55.6 Å². The van der Waals surface area contributed by atoms with Gasteiger partial charge in [0.2, 0.25) is 17.8 Å². The molecule has 1 N–H and O–H groups in total. The fraction of sp³-hybridized carbons (Fsp3) is 0.292. The fourth-order valence-corrected chi connectivity index (χ4v) is 3.33. The molecule has 8 heteroatoms. The van der Waals surface area contributed by atoms with Crippen molar-refractivity contribution < 1.29 is 19.1 Å². The lowest BCUT2D eigenvalue weighted by Crippen LogP contribution is -2.37. The minimum Gasteiger partial charge on any atom is -0.493 e. The highest BCUT2D eigenvalue weighted by atomic mass is 16.5. The molecule has 0 aliphatic carbocycles. The number of nitrogens with one attached hydrogen (secondary N) is 1. The third-order valence-electron chi connectivity index (χ3n) is 5.04. The van der Waals surface area contributed by atoms with E-state index in [1.165, 1.54) is 4.90 Å². The predicted molar refractivity (Wildman–Crippen MR) is 123 cm³/mol. The van der Waals surface area contributed by atoms with Gasteiger partial charge in [-0.2, -0.15) is 0 Å². The molecule has 0 unspecified atom stereocenters. The Labute approximate surface area is 187 Å². The molecule has 8 nitrogen and oxygen atoms in total. The highest BCUT2D eigenvalue weighted by Crippen LogP contribution is 2.31. The second-order valence-electron chi connectivity index (χ2n) is 7.03. The van der Waals surface area contributed by atoms with Crippen molar-refractivity contribution >= 4 is 17.8 Å². The van der Waals surface area contributed by atoms with Crippen LogP contribution in [0.15, 0.2) is 54.7 Å². The Morgan fingerprint density at radius 3 is 2.38 bits per heavy atom. The topological polar surface area (TPSA) is 85.7 Å². The average Bonchev–Trinajstić information content (AvgIpc) is 3.25. The molecule has 0 atom stereocenters. The number of amides is 2. The molecule has 168 valence electrons. The van der Waals surface area contributed by atoms with E-state index in [9.17, 15) is 9.59 Å². The number of benzene rings is 2. The van der Waals surface area contributed by atoms with E-state index < -0.39 is 0 Å². The Morgan fingerprint density at radius 1 is 1.03 bits per heavy atom. The van der Waals surface area contributed by atoms with Crippen LogP contribution in [0.25, 0.3) is 16.9 Å². The number of anilines is 1. The van der Waals surface area contributed by atoms with Crippen LogP contribution in [0.1, 0.15) is 20.3 Å². The van der Waals surface area contributed by atoms with Gasteiger partial charge < -0.3 is 14.4 Å². The number of methoxy groups -OCH3 is 2. The first-order valence-electron chi connectivity index (χ1n) is 10.5. The molecule has 0 aliphatic heterocycles. The smallest absolute Gasteiger partial charge is 0.246 e. The molecule has 0 fully saturated rings. The summed E-state index contributed by atoms with van der Waals surface area (Å²) in [7, 11) is 3.14. The minimum atomic E-state index is -0.319. The van der Waals surface area contributed by atoms with Gasteiger partial charge in [-0.1, -0.05) is 37.3 Å². The number of ether oxygens (including phenoxy) is 2. The molecule has 0 bridgehead atoms. The largest absolute Gasteiger partial charge is 0.493 e. The van der Waals surface area contributed by atoms with Gasteiger partial charge in [0.25, 0.3) is 0 Å². The second-order valence-corrected chi connectivity index (χ2v) is 7.03. The molecule has 3 aromatic rings. The third-order valence-corrected chi connectivity index (χ3v) is 5.04. The first-order chi connectivity index (χ1) is 15.5. The zero-order chi connectivity index (χ0) is 23.1. The van der Waals surface area contributed by atoms with Crippen molar-refractivity contribution in [2.75, 3.05) is 32.6 Å². The van der Waals surface area contributed by atoms with Crippen LogP contribution in [0.2, 0.25) is 0 Å². The van der Waals surface area contributed by atoms with Gasteiger partial charge in [0, 0.05) is 30.8 Å². The van der Waals surface area contributed by atoms with Crippen LogP contribution in [-0.2, 0) is 9.59 Å². The number of aromatic nitrogens is 2. The summed E-state index contributed by atoms with van der Waals surface area (Å²) >= 11 is 0. The van der Waals surface area contributed by atoms with E-state index in [0.717, 1.165) is 11.3 Å². The monoisotopic (exact) mass is 436 g/mol. The molecule has 0 saturated heterocycles. The molecule has 0 radical (unpaired) electrons. The summed E-state index contributed by atoms with van der Waals surface area (Å²) in [5.41, 5.74) is 2.36. The molecule has 0 spiro atoms. The van der Waals surface area contributed by atoms with Crippen LogP contribution >= 0.6 is 0 Å². The van der Waals surface area contributed by atoms with E-state index >= 15 is 0 Å². The van der Waals surface area contributed by atoms with Crippen molar-refractivity contribution in [2.45, 2.75) is 20.3 Å². The normalized spacial score (nSPS) is 10.5. The van der Waals surface area contributed by atoms with E-state index in [-0.39, 0.29) is 18.4 Å². The van der Waals surface area contributed by atoms with Crippen molar-refractivity contribution in [2.24, 2.45) is 0 Å². The number of rotatable bonds is 9. The molecule has 2 amide bonds. The second kappa shape index (κ2) is 10.5. The highest BCUT2D eigenvalue weighted by Gasteiger charge is 2.18. The number of carbonyl (C=O) groups excluding carboxylic acids is 2. The van der Waals surface area contributed by atoms with Crippen LogP contribution in [0.3, 0.4) is 0 Å². The van der Waals surface area contributed by atoms with Gasteiger partial charge in [-0.15, -0.1) is 0 Å². The van der Waals surface area contributed by atoms with Crippen LogP contribution in [-0.4, -0.2) is 53.6 Å². The summed E-state index contributed by atoms with van der Waals surface area (Å²) < 4.78 is 12.5. The van der Waals surface area contributed by atoms with Crippen LogP contribution in [0.5, 0.6) is 11.5 Å². The van der Waals surface area contributed by atoms with E-state index in [0.29, 0.717) is 36.1 Å². The molecule has 1 aromatic heterocycles. The number of imidazole rings is 1. The zero-order valence-electron chi connectivity index (χ0n) is 18.8. The van der Waals surface area contributed by atoms with Crippen molar-refractivity contribution in [1.82, 2.24) is 14.5 Å². The van der Waals surface area contributed by atoms with E-state index in [1.54, 1.807) is 31.8 Å². The minimum absolute atomic E-state index is 0.0391. The Balaban J connectivity index is 1.98. The van der Waals surface area contributed by atoms with E-state index in [4.69, 9.17) is 9.47 Å². The quantitative estimate of drug-likeness (QED) is 0.552. The van der Waals surface area contributed by atoms with Crippen molar-refractivity contribution in [3.63, 3.8) is 0 Å². The summed E-state index contributed by atoms with van der Waals surface area (Å²) in [4.78, 5) is 31.0. The SMILES string of the molecule is CCC(=O)N(CC)CC(=O)Nc1nc(-c2ccccc2)cn1-c1ccc(OC)c(OC)c1. The summed E-state index contributed by atoms with van der Waals surface area (Å²) in [6.45, 7) is 4.04. The maximum absolute atomic E-state index is 12.8. The number of hydrogen-bond donors (Lipinski definition) is 1. The Bertz CT molecular complexity index is 1080. The standard InChI is InChI=1S/C24H28N4O4/c1-5-23(30)27(6-2)16-22(29)26-24-25-19(17-10-8-7-9-11-17)15-28(24)18-12-13-20(31-3)21(14-18)32-4/h7-15H,5-6,16H2,1-4H3,(H,25,26,29). The van der Waals surface area contributed by atoms with Crippen molar-refractivity contribution in [1.29, 1.82) is 0 Å². The summed E-state index contributed by atoms with van der Waals surface area (Å²) in [6, 6.07) is 15.1. The first kappa shape index (κ1) is 22.9. The van der Waals surface area contributed by atoms with Gasteiger partial charge in [-0.3, -0.25) is 19.5 Å². The lowest BCUT2D eigenvalue weighted by atomic mass is 10.2. The fourth-order valence-electron chi connectivity index (χ4n) is 3.33. The number of carbonyl (C=O) groups is 2. The molecule has 32 heavy (non-hydrogen) atoms. The van der Waals surface area contributed by atoms with Crippen molar-refractivity contribution in [3.05, 3.63) is 54.7 Å². The first-order valence-corrected chi connectivity index (χ1v) is 10.5. The van der Waals surface area contributed by atoms with Crippen molar-refractivity contribution in [3.8, 4) is 28.4 Å². The Kier molecular flexibility index (Phi) is 7.49. The van der Waals surface area contributed by atoms with Gasteiger partial charge in [0.05, 0.1) is 32.1 Å². The lowest BCUT2D eigenvalue weighted by molar-refractivity contribution is -0.134. The number of hydrogen-bond acceptors (Lipinski definition) is 5. The summed E-state index contributed by atoms with van der Waals surface area (Å²) in [5, 5.41) is 2.86.